The zero-order valence-electron chi connectivity index (χ0n) is 11.6. The van der Waals surface area contributed by atoms with E-state index in [0.29, 0.717) is 17.0 Å². The number of hydrogen-bond donors (Lipinski definition) is 2. The van der Waals surface area contributed by atoms with Gasteiger partial charge in [-0.1, -0.05) is 0 Å². The number of carbonyl (C=O) groups is 3. The van der Waals surface area contributed by atoms with Crippen molar-refractivity contribution in [2.45, 2.75) is 19.9 Å². The molecule has 20 heavy (non-hydrogen) atoms. The second-order valence-electron chi connectivity index (χ2n) is 4.00. The van der Waals surface area contributed by atoms with Gasteiger partial charge in [0.15, 0.2) is 0 Å². The highest BCUT2D eigenvalue weighted by molar-refractivity contribution is 8.00. The van der Waals surface area contributed by atoms with Crippen LogP contribution < -0.4 is 10.6 Å². The smallest absolute Gasteiger partial charge is 0.337 e. The molecule has 1 heterocycles. The van der Waals surface area contributed by atoms with Crippen molar-refractivity contribution in [2.75, 3.05) is 25.2 Å². The third kappa shape index (κ3) is 4.44. The zero-order chi connectivity index (χ0) is 15.1. The topological polar surface area (TPSA) is 93.7 Å². The first-order valence-corrected chi connectivity index (χ1v) is 7.27. The molecule has 0 radical (unpaired) electrons. The highest BCUT2D eigenvalue weighted by atomic mass is 32.2. The van der Waals surface area contributed by atoms with Gasteiger partial charge in [0.25, 0.3) is 0 Å². The lowest BCUT2D eigenvalue weighted by Crippen LogP contribution is -2.49. The van der Waals surface area contributed by atoms with E-state index in [-0.39, 0.29) is 24.4 Å². The maximum Gasteiger partial charge on any atom is 0.337 e. The van der Waals surface area contributed by atoms with Crippen LogP contribution in [0.1, 0.15) is 13.8 Å². The lowest BCUT2D eigenvalue weighted by Gasteiger charge is -2.26. The average molecular weight is 302 g/mol. The summed E-state index contributed by atoms with van der Waals surface area (Å²) < 4.78 is 9.50. The van der Waals surface area contributed by atoms with E-state index in [4.69, 9.17) is 4.74 Å². The van der Waals surface area contributed by atoms with E-state index < -0.39 is 12.0 Å². The number of hydrogen-bond acceptors (Lipinski definition) is 6. The van der Waals surface area contributed by atoms with Crippen LogP contribution in [0.25, 0.3) is 0 Å². The van der Waals surface area contributed by atoms with E-state index in [1.807, 2.05) is 0 Å². The molecule has 0 aromatic heterocycles. The Kier molecular flexibility index (Phi) is 6.37. The SMILES string of the molecule is CCOC(=O)C1=C(CSCC(=O)OC)NC(=O)NC1C. The summed E-state index contributed by atoms with van der Waals surface area (Å²) in [6.45, 7) is 3.67. The van der Waals surface area contributed by atoms with Gasteiger partial charge in [-0.2, -0.15) is 0 Å². The van der Waals surface area contributed by atoms with E-state index in [0.717, 1.165) is 0 Å². The number of nitrogens with one attached hydrogen (secondary N) is 2. The monoisotopic (exact) mass is 302 g/mol. The minimum absolute atomic E-state index is 0.147. The third-order valence-corrected chi connectivity index (χ3v) is 3.49. The molecule has 7 nitrogen and oxygen atoms in total. The van der Waals surface area contributed by atoms with Gasteiger partial charge in [0.2, 0.25) is 0 Å². The van der Waals surface area contributed by atoms with Gasteiger partial charge in [-0.05, 0) is 13.8 Å². The number of ether oxygens (including phenoxy) is 2. The maximum atomic E-state index is 11.9. The van der Waals surface area contributed by atoms with Gasteiger partial charge < -0.3 is 20.1 Å². The van der Waals surface area contributed by atoms with Crippen molar-refractivity contribution in [3.8, 4) is 0 Å². The van der Waals surface area contributed by atoms with Crippen molar-refractivity contribution in [3.63, 3.8) is 0 Å². The summed E-state index contributed by atoms with van der Waals surface area (Å²) in [6, 6.07) is -0.809. The summed E-state index contributed by atoms with van der Waals surface area (Å²) >= 11 is 1.25. The van der Waals surface area contributed by atoms with E-state index in [1.165, 1.54) is 18.9 Å². The molecule has 0 fully saturated rings. The Bertz CT molecular complexity index is 436. The van der Waals surface area contributed by atoms with Crippen LogP contribution in [0.5, 0.6) is 0 Å². The normalized spacial score (nSPS) is 18.1. The van der Waals surface area contributed by atoms with Gasteiger partial charge in [-0.25, -0.2) is 9.59 Å². The number of urea groups is 1. The van der Waals surface area contributed by atoms with Crippen molar-refractivity contribution in [2.24, 2.45) is 0 Å². The Labute approximate surface area is 121 Å². The van der Waals surface area contributed by atoms with E-state index >= 15 is 0 Å². The largest absolute Gasteiger partial charge is 0.468 e. The fraction of sp³-hybridized carbons (Fsp3) is 0.583. The van der Waals surface area contributed by atoms with Crippen LogP contribution in [0.2, 0.25) is 0 Å². The summed E-state index contributed by atoms with van der Waals surface area (Å²) in [5.41, 5.74) is 0.845. The molecule has 1 rings (SSSR count). The first-order chi connectivity index (χ1) is 9.49. The summed E-state index contributed by atoms with van der Waals surface area (Å²) in [6.07, 6.45) is 0. The fourth-order valence-electron chi connectivity index (χ4n) is 1.69. The highest BCUT2D eigenvalue weighted by Crippen LogP contribution is 2.18. The second-order valence-corrected chi connectivity index (χ2v) is 4.99. The van der Waals surface area contributed by atoms with E-state index in [2.05, 4.69) is 15.4 Å². The number of methoxy groups -OCH3 is 1. The van der Waals surface area contributed by atoms with Crippen LogP contribution in [0.3, 0.4) is 0 Å². The number of amides is 2. The van der Waals surface area contributed by atoms with Crippen molar-refractivity contribution in [1.29, 1.82) is 0 Å². The molecule has 0 saturated heterocycles. The standard InChI is InChI=1S/C12H18N2O5S/c1-4-19-11(16)10-7(2)13-12(17)14-8(10)5-20-6-9(15)18-3/h7H,4-6H2,1-3H3,(H2,13,14,17). The van der Waals surface area contributed by atoms with Gasteiger partial charge in [-0.3, -0.25) is 4.79 Å². The number of carbonyl (C=O) groups excluding carboxylic acids is 3. The van der Waals surface area contributed by atoms with Crippen LogP contribution in [-0.4, -0.2) is 49.2 Å². The van der Waals surface area contributed by atoms with Crippen molar-refractivity contribution < 1.29 is 23.9 Å². The van der Waals surface area contributed by atoms with Crippen molar-refractivity contribution in [3.05, 3.63) is 11.3 Å². The first-order valence-electron chi connectivity index (χ1n) is 6.11. The molecule has 1 unspecified atom stereocenters. The van der Waals surface area contributed by atoms with Gasteiger partial charge >= 0.3 is 18.0 Å². The summed E-state index contributed by atoms with van der Waals surface area (Å²) in [5, 5.41) is 5.18. The molecule has 0 aliphatic carbocycles. The summed E-state index contributed by atoms with van der Waals surface area (Å²) in [7, 11) is 1.31. The number of esters is 2. The Hall–Kier alpha value is -1.70. The molecular formula is C12H18N2O5S. The molecule has 8 heteroatoms. The number of thioether (sulfide) groups is 1. The minimum atomic E-state index is -0.471. The molecular weight excluding hydrogens is 284 g/mol. The van der Waals surface area contributed by atoms with Gasteiger partial charge in [-0.15, -0.1) is 11.8 Å². The molecule has 0 saturated carbocycles. The quantitative estimate of drug-likeness (QED) is 0.690. The fourth-order valence-corrected chi connectivity index (χ4v) is 2.51. The van der Waals surface area contributed by atoms with E-state index in [9.17, 15) is 14.4 Å². The van der Waals surface area contributed by atoms with Crippen LogP contribution in [0.4, 0.5) is 4.79 Å². The maximum absolute atomic E-state index is 11.9. The molecule has 2 amide bonds. The molecule has 0 bridgehead atoms. The van der Waals surface area contributed by atoms with Crippen LogP contribution in [0, 0.1) is 0 Å². The van der Waals surface area contributed by atoms with E-state index in [1.54, 1.807) is 13.8 Å². The Morgan fingerprint density at radius 1 is 1.40 bits per heavy atom. The molecule has 1 aliphatic heterocycles. The van der Waals surface area contributed by atoms with Gasteiger partial charge in [0.1, 0.15) is 0 Å². The molecule has 112 valence electrons. The van der Waals surface area contributed by atoms with Gasteiger partial charge in [0.05, 0.1) is 31.1 Å². The Morgan fingerprint density at radius 2 is 2.10 bits per heavy atom. The zero-order valence-corrected chi connectivity index (χ0v) is 12.5. The minimum Gasteiger partial charge on any atom is -0.468 e. The summed E-state index contributed by atoms with van der Waals surface area (Å²) in [4.78, 5) is 34.4. The van der Waals surface area contributed by atoms with Crippen LogP contribution in [-0.2, 0) is 19.1 Å². The molecule has 2 N–H and O–H groups in total. The van der Waals surface area contributed by atoms with Crippen molar-refractivity contribution >= 4 is 29.7 Å². The Balaban J connectivity index is 2.81. The van der Waals surface area contributed by atoms with Crippen LogP contribution in [0.15, 0.2) is 11.3 Å². The molecule has 0 aromatic carbocycles. The predicted octanol–water partition coefficient (Wildman–Crippen LogP) is 0.411. The second kappa shape index (κ2) is 7.78. The molecule has 1 atom stereocenters. The lowest BCUT2D eigenvalue weighted by molar-refractivity contribution is -0.139. The predicted molar refractivity (Wildman–Crippen MR) is 74.1 cm³/mol. The lowest BCUT2D eigenvalue weighted by atomic mass is 10.1. The molecule has 0 aromatic rings. The average Bonchev–Trinajstić information content (AvgIpc) is 2.37. The third-order valence-electron chi connectivity index (χ3n) is 2.56. The van der Waals surface area contributed by atoms with Gasteiger partial charge in [0, 0.05) is 11.4 Å². The summed E-state index contributed by atoms with van der Waals surface area (Å²) in [5.74, 6) is -0.364. The molecule has 1 aliphatic rings. The Morgan fingerprint density at radius 3 is 2.70 bits per heavy atom. The van der Waals surface area contributed by atoms with Crippen LogP contribution >= 0.6 is 11.8 Å². The molecule has 0 spiro atoms. The number of rotatable bonds is 6. The highest BCUT2D eigenvalue weighted by Gasteiger charge is 2.29. The van der Waals surface area contributed by atoms with Crippen molar-refractivity contribution in [1.82, 2.24) is 10.6 Å². The first kappa shape index (κ1) is 16.4.